The Hall–Kier alpha value is -1.24. The van der Waals surface area contributed by atoms with Gasteiger partial charge in [0.2, 0.25) is 0 Å². The summed E-state index contributed by atoms with van der Waals surface area (Å²) in [6.45, 7) is 5.80. The first-order valence-corrected chi connectivity index (χ1v) is 6.74. The summed E-state index contributed by atoms with van der Waals surface area (Å²) in [7, 11) is 0. The number of benzene rings is 1. The molecule has 17 heavy (non-hydrogen) atoms. The molecule has 1 nitrogen and oxygen atoms in total. The fourth-order valence-electron chi connectivity index (χ4n) is 3.59. The molecule has 2 bridgehead atoms. The van der Waals surface area contributed by atoms with Gasteiger partial charge in [-0.1, -0.05) is 43.3 Å². The molecular formula is C16H21N. The molecule has 2 atom stereocenters. The van der Waals surface area contributed by atoms with Crippen LogP contribution in [0.1, 0.15) is 38.7 Å². The number of hydrogen-bond donors (Lipinski definition) is 0. The van der Waals surface area contributed by atoms with Crippen LogP contribution in [-0.2, 0) is 5.41 Å². The van der Waals surface area contributed by atoms with Crippen molar-refractivity contribution >= 4 is 0 Å². The topological polar surface area (TPSA) is 3.24 Å². The summed E-state index contributed by atoms with van der Waals surface area (Å²) in [5.41, 5.74) is 3.41. The lowest BCUT2D eigenvalue weighted by Gasteiger charge is -2.34. The Bertz CT molecular complexity index is 434. The monoisotopic (exact) mass is 227 g/mol. The Morgan fingerprint density at radius 2 is 2.06 bits per heavy atom. The third kappa shape index (κ3) is 1.60. The van der Waals surface area contributed by atoms with Gasteiger partial charge in [0, 0.05) is 23.7 Å². The minimum atomic E-state index is 0.390. The van der Waals surface area contributed by atoms with Crippen LogP contribution in [0.2, 0.25) is 0 Å². The lowest BCUT2D eigenvalue weighted by atomic mass is 9.75. The third-order valence-electron chi connectivity index (χ3n) is 4.64. The number of hydrogen-bond acceptors (Lipinski definition) is 1. The summed E-state index contributed by atoms with van der Waals surface area (Å²) in [6.07, 6.45) is 6.24. The summed E-state index contributed by atoms with van der Waals surface area (Å²) >= 11 is 0. The summed E-state index contributed by atoms with van der Waals surface area (Å²) in [4.78, 5) is 2.62. The van der Waals surface area contributed by atoms with Crippen molar-refractivity contribution in [2.75, 3.05) is 6.54 Å². The van der Waals surface area contributed by atoms with Gasteiger partial charge in [0.15, 0.2) is 0 Å². The minimum Gasteiger partial charge on any atom is -0.371 e. The first-order valence-electron chi connectivity index (χ1n) is 6.74. The predicted molar refractivity (Wildman–Crippen MR) is 71.9 cm³/mol. The Morgan fingerprint density at radius 3 is 2.76 bits per heavy atom. The molecule has 3 rings (SSSR count). The van der Waals surface area contributed by atoms with Gasteiger partial charge >= 0.3 is 0 Å². The Kier molecular flexibility index (Phi) is 2.50. The van der Waals surface area contributed by atoms with E-state index in [9.17, 15) is 0 Å². The fraction of sp³-hybridized carbons (Fsp3) is 0.500. The third-order valence-corrected chi connectivity index (χ3v) is 4.64. The van der Waals surface area contributed by atoms with Crippen LogP contribution in [0.25, 0.3) is 0 Å². The lowest BCUT2D eigenvalue weighted by Crippen LogP contribution is -2.34. The molecule has 90 valence electrons. The van der Waals surface area contributed by atoms with Crippen molar-refractivity contribution in [3.8, 4) is 0 Å². The maximum absolute atomic E-state index is 2.62. The molecule has 1 saturated heterocycles. The molecular weight excluding hydrogens is 206 g/mol. The average molecular weight is 227 g/mol. The zero-order valence-corrected chi connectivity index (χ0v) is 10.8. The van der Waals surface area contributed by atoms with E-state index >= 15 is 0 Å². The van der Waals surface area contributed by atoms with Crippen LogP contribution in [0.5, 0.6) is 0 Å². The van der Waals surface area contributed by atoms with Crippen LogP contribution >= 0.6 is 0 Å². The highest BCUT2D eigenvalue weighted by Gasteiger charge is 2.45. The fourth-order valence-corrected chi connectivity index (χ4v) is 3.59. The molecule has 2 heterocycles. The summed E-state index contributed by atoms with van der Waals surface area (Å²) in [5.74, 6) is 0. The van der Waals surface area contributed by atoms with Crippen molar-refractivity contribution in [2.24, 2.45) is 0 Å². The van der Waals surface area contributed by atoms with Gasteiger partial charge in [-0.2, -0.15) is 0 Å². The molecule has 1 aromatic carbocycles. The van der Waals surface area contributed by atoms with Crippen LogP contribution in [0, 0.1) is 0 Å². The summed E-state index contributed by atoms with van der Waals surface area (Å²) in [6, 6.07) is 11.8. The highest BCUT2D eigenvalue weighted by molar-refractivity contribution is 5.33. The molecule has 0 aliphatic carbocycles. The van der Waals surface area contributed by atoms with E-state index in [-0.39, 0.29) is 0 Å². The smallest absolute Gasteiger partial charge is 0.0293 e. The minimum absolute atomic E-state index is 0.390. The molecule has 1 fully saturated rings. The lowest BCUT2D eigenvalue weighted by molar-refractivity contribution is 0.295. The zero-order valence-electron chi connectivity index (χ0n) is 10.8. The zero-order chi connectivity index (χ0) is 11.9. The van der Waals surface area contributed by atoms with Crippen LogP contribution in [-0.4, -0.2) is 17.5 Å². The van der Waals surface area contributed by atoms with E-state index in [1.165, 1.54) is 37.1 Å². The second kappa shape index (κ2) is 3.90. The highest BCUT2D eigenvalue weighted by atomic mass is 15.2. The van der Waals surface area contributed by atoms with Gasteiger partial charge in [-0.3, -0.25) is 0 Å². The first-order chi connectivity index (χ1) is 8.25. The van der Waals surface area contributed by atoms with Gasteiger partial charge in [0.25, 0.3) is 0 Å². The highest BCUT2D eigenvalue weighted by Crippen LogP contribution is 2.46. The van der Waals surface area contributed by atoms with Crippen molar-refractivity contribution in [3.63, 3.8) is 0 Å². The maximum atomic E-state index is 2.62. The molecule has 1 aromatic rings. The van der Waals surface area contributed by atoms with E-state index < -0.39 is 0 Å². The van der Waals surface area contributed by atoms with Crippen LogP contribution in [0.4, 0.5) is 0 Å². The Labute approximate surface area is 104 Å². The van der Waals surface area contributed by atoms with E-state index in [1.807, 2.05) is 0 Å². The van der Waals surface area contributed by atoms with E-state index in [0.717, 1.165) is 6.04 Å². The standard InChI is InChI=1S/C16H21N/c1-3-15-11-16(14-7-5-4-6-8-14)10-9-13(2)17(15)12-16/h4-9,15H,3,10-12H2,1-2H3/t15-,16-/m0/s1. The van der Waals surface area contributed by atoms with Crippen molar-refractivity contribution in [2.45, 2.75) is 44.6 Å². The average Bonchev–Trinajstić information content (AvgIpc) is 2.71. The predicted octanol–water partition coefficient (Wildman–Crippen LogP) is 3.72. The SMILES string of the molecule is CC[C@H]1C[C@@]2(c3ccccc3)CC=C(C)N1C2. The van der Waals surface area contributed by atoms with Crippen LogP contribution < -0.4 is 0 Å². The van der Waals surface area contributed by atoms with Gasteiger partial charge in [0.05, 0.1) is 0 Å². The number of nitrogens with zero attached hydrogens (tertiary/aromatic N) is 1. The summed E-state index contributed by atoms with van der Waals surface area (Å²) < 4.78 is 0. The molecule has 2 aliphatic rings. The van der Waals surface area contributed by atoms with Crippen molar-refractivity contribution in [3.05, 3.63) is 47.7 Å². The second-order valence-corrected chi connectivity index (χ2v) is 5.59. The van der Waals surface area contributed by atoms with Gasteiger partial charge in [-0.25, -0.2) is 0 Å². The molecule has 2 aliphatic heterocycles. The van der Waals surface area contributed by atoms with Crippen LogP contribution in [0.15, 0.2) is 42.1 Å². The van der Waals surface area contributed by atoms with Crippen molar-refractivity contribution in [1.29, 1.82) is 0 Å². The number of rotatable bonds is 2. The molecule has 0 spiro atoms. The molecule has 0 unspecified atom stereocenters. The van der Waals surface area contributed by atoms with Gasteiger partial charge in [-0.05, 0) is 31.7 Å². The molecule has 0 radical (unpaired) electrons. The molecule has 0 saturated carbocycles. The van der Waals surface area contributed by atoms with Crippen molar-refractivity contribution < 1.29 is 0 Å². The quantitative estimate of drug-likeness (QED) is 0.744. The molecule has 0 N–H and O–H groups in total. The van der Waals surface area contributed by atoms with Crippen molar-refractivity contribution in [1.82, 2.24) is 4.90 Å². The molecule has 0 aromatic heterocycles. The number of fused-ring (bicyclic) bond motifs is 2. The van der Waals surface area contributed by atoms with Gasteiger partial charge in [-0.15, -0.1) is 0 Å². The van der Waals surface area contributed by atoms with E-state index in [2.05, 4.69) is 55.2 Å². The maximum Gasteiger partial charge on any atom is 0.0293 e. The van der Waals surface area contributed by atoms with Crippen LogP contribution in [0.3, 0.4) is 0 Å². The number of allylic oxidation sites excluding steroid dienone is 2. The molecule has 0 amide bonds. The van der Waals surface area contributed by atoms with E-state index in [1.54, 1.807) is 0 Å². The normalized spacial score (nSPS) is 31.5. The van der Waals surface area contributed by atoms with E-state index in [4.69, 9.17) is 0 Å². The Morgan fingerprint density at radius 1 is 1.29 bits per heavy atom. The Balaban J connectivity index is 2.00. The molecule has 1 heteroatoms. The van der Waals surface area contributed by atoms with E-state index in [0.29, 0.717) is 5.41 Å². The largest absolute Gasteiger partial charge is 0.371 e. The van der Waals surface area contributed by atoms with Gasteiger partial charge < -0.3 is 4.90 Å². The van der Waals surface area contributed by atoms with Gasteiger partial charge in [0.1, 0.15) is 0 Å². The second-order valence-electron chi connectivity index (χ2n) is 5.59. The summed E-state index contributed by atoms with van der Waals surface area (Å²) in [5, 5.41) is 0. The first kappa shape index (κ1) is 10.9.